The first-order valence-corrected chi connectivity index (χ1v) is 5.13. The smallest absolute Gasteiger partial charge is 0.340 e. The molecule has 0 saturated carbocycles. The van der Waals surface area contributed by atoms with Crippen molar-refractivity contribution in [2.24, 2.45) is 0 Å². The molecule has 0 aromatic heterocycles. The molecule has 1 fully saturated rings. The topological polar surface area (TPSA) is 101 Å². The van der Waals surface area contributed by atoms with Crippen molar-refractivity contribution in [1.29, 1.82) is 0 Å². The number of hydrazine groups is 1. The van der Waals surface area contributed by atoms with E-state index in [2.05, 4.69) is 0 Å². The van der Waals surface area contributed by atoms with E-state index in [1.807, 2.05) is 0 Å². The van der Waals surface area contributed by atoms with Crippen molar-refractivity contribution >= 4 is 17.8 Å². The van der Waals surface area contributed by atoms with Gasteiger partial charge < -0.3 is 15.1 Å². The predicted octanol–water partition coefficient (Wildman–Crippen LogP) is -1.65. The first-order chi connectivity index (χ1) is 8.02. The third-order valence-corrected chi connectivity index (χ3v) is 2.34. The first kappa shape index (κ1) is 13.4. The number of imide groups is 1. The average molecular weight is 245 g/mol. The second kappa shape index (κ2) is 5.60. The van der Waals surface area contributed by atoms with Gasteiger partial charge in [0.05, 0.1) is 13.2 Å². The van der Waals surface area contributed by atoms with E-state index in [4.69, 9.17) is 10.2 Å². The third-order valence-electron chi connectivity index (χ3n) is 2.34. The standard InChI is InChI=1S/C9H15N3O5/c1-10(6-14)9(17)11(4-5-13)12-7(15)2-3-8(12)16/h13-14H,2-6H2,1H3. The van der Waals surface area contributed by atoms with Gasteiger partial charge in [-0.3, -0.25) is 9.59 Å². The minimum Gasteiger partial charge on any atom is -0.394 e. The van der Waals surface area contributed by atoms with Crippen molar-refractivity contribution in [3.8, 4) is 0 Å². The Morgan fingerprint density at radius 1 is 1.29 bits per heavy atom. The zero-order chi connectivity index (χ0) is 13.0. The van der Waals surface area contributed by atoms with E-state index in [1.165, 1.54) is 7.05 Å². The van der Waals surface area contributed by atoms with Crippen LogP contribution in [0.3, 0.4) is 0 Å². The van der Waals surface area contributed by atoms with Crippen LogP contribution < -0.4 is 0 Å². The lowest BCUT2D eigenvalue weighted by Gasteiger charge is -2.32. The Bertz CT molecular complexity index is 317. The highest BCUT2D eigenvalue weighted by Gasteiger charge is 2.37. The van der Waals surface area contributed by atoms with E-state index in [0.717, 1.165) is 14.9 Å². The summed E-state index contributed by atoms with van der Waals surface area (Å²) >= 11 is 0. The number of carbonyl (C=O) groups is 3. The van der Waals surface area contributed by atoms with Gasteiger partial charge in [-0.25, -0.2) is 9.80 Å². The summed E-state index contributed by atoms with van der Waals surface area (Å²) in [5.74, 6) is -0.966. The molecule has 1 aliphatic heterocycles. The van der Waals surface area contributed by atoms with Gasteiger partial charge in [0.25, 0.3) is 0 Å². The normalized spacial score (nSPS) is 15.4. The number of aliphatic hydroxyl groups excluding tert-OH is 2. The Labute approximate surface area is 98.0 Å². The highest BCUT2D eigenvalue weighted by atomic mass is 16.3. The van der Waals surface area contributed by atoms with Gasteiger partial charge in [-0.05, 0) is 0 Å². The molecule has 1 aliphatic rings. The van der Waals surface area contributed by atoms with Crippen LogP contribution in [-0.4, -0.2) is 69.9 Å². The molecule has 2 N–H and O–H groups in total. The number of amides is 4. The van der Waals surface area contributed by atoms with Crippen LogP contribution in [0.4, 0.5) is 4.79 Å². The molecule has 1 heterocycles. The quantitative estimate of drug-likeness (QED) is 0.456. The number of hydrogen-bond donors (Lipinski definition) is 2. The fourth-order valence-electron chi connectivity index (χ4n) is 1.47. The number of hydrogen-bond acceptors (Lipinski definition) is 5. The number of carbonyl (C=O) groups excluding carboxylic acids is 3. The van der Waals surface area contributed by atoms with Crippen LogP contribution in [0, 0.1) is 0 Å². The molecular weight excluding hydrogens is 230 g/mol. The predicted molar refractivity (Wildman–Crippen MR) is 55.1 cm³/mol. The Hall–Kier alpha value is -1.67. The zero-order valence-corrected chi connectivity index (χ0v) is 9.50. The molecule has 8 heteroatoms. The lowest BCUT2D eigenvalue weighted by Crippen LogP contribution is -2.54. The minimum atomic E-state index is -0.717. The monoisotopic (exact) mass is 245 g/mol. The van der Waals surface area contributed by atoms with Crippen molar-refractivity contribution in [2.75, 3.05) is 26.9 Å². The van der Waals surface area contributed by atoms with Crippen molar-refractivity contribution in [3.05, 3.63) is 0 Å². The Balaban J connectivity index is 2.88. The van der Waals surface area contributed by atoms with Crippen molar-refractivity contribution in [1.82, 2.24) is 14.9 Å². The van der Waals surface area contributed by atoms with E-state index in [0.29, 0.717) is 0 Å². The first-order valence-electron chi connectivity index (χ1n) is 5.13. The van der Waals surface area contributed by atoms with Crippen molar-refractivity contribution < 1.29 is 24.6 Å². The minimum absolute atomic E-state index is 0.0525. The maximum Gasteiger partial charge on any atom is 0.340 e. The van der Waals surface area contributed by atoms with Crippen LogP contribution in [0.2, 0.25) is 0 Å². The Morgan fingerprint density at radius 2 is 1.82 bits per heavy atom. The molecule has 0 unspecified atom stereocenters. The summed E-state index contributed by atoms with van der Waals surface area (Å²) < 4.78 is 0. The van der Waals surface area contributed by atoms with Gasteiger partial charge in [-0.1, -0.05) is 0 Å². The van der Waals surface area contributed by atoms with Gasteiger partial charge >= 0.3 is 6.03 Å². The Kier molecular flexibility index (Phi) is 4.41. The fourth-order valence-corrected chi connectivity index (χ4v) is 1.47. The van der Waals surface area contributed by atoms with Gasteiger partial charge in [0.1, 0.15) is 6.73 Å². The summed E-state index contributed by atoms with van der Waals surface area (Å²) in [5, 5.41) is 19.2. The summed E-state index contributed by atoms with van der Waals surface area (Å²) in [5.41, 5.74) is 0. The summed E-state index contributed by atoms with van der Waals surface area (Å²) in [7, 11) is 1.32. The van der Waals surface area contributed by atoms with Crippen molar-refractivity contribution in [3.63, 3.8) is 0 Å². The van der Waals surface area contributed by atoms with Crippen LogP contribution in [-0.2, 0) is 9.59 Å². The largest absolute Gasteiger partial charge is 0.394 e. The van der Waals surface area contributed by atoms with Crippen molar-refractivity contribution in [2.45, 2.75) is 12.8 Å². The van der Waals surface area contributed by atoms with Gasteiger partial charge in [0.2, 0.25) is 11.8 Å². The average Bonchev–Trinajstić information content (AvgIpc) is 2.64. The fraction of sp³-hybridized carbons (Fsp3) is 0.667. The lowest BCUT2D eigenvalue weighted by molar-refractivity contribution is -0.154. The molecule has 8 nitrogen and oxygen atoms in total. The number of urea groups is 1. The van der Waals surface area contributed by atoms with Crippen LogP contribution in [0.1, 0.15) is 12.8 Å². The molecule has 0 spiro atoms. The highest BCUT2D eigenvalue weighted by molar-refractivity contribution is 6.03. The summed E-state index contributed by atoms with van der Waals surface area (Å²) in [4.78, 5) is 35.6. The van der Waals surface area contributed by atoms with E-state index >= 15 is 0 Å². The number of nitrogens with zero attached hydrogens (tertiary/aromatic N) is 3. The maximum absolute atomic E-state index is 11.8. The molecular formula is C9H15N3O5. The van der Waals surface area contributed by atoms with Crippen LogP contribution in [0.5, 0.6) is 0 Å². The summed E-state index contributed by atoms with van der Waals surface area (Å²) in [6.07, 6.45) is 0.105. The molecule has 4 amide bonds. The molecule has 0 aromatic carbocycles. The molecule has 0 bridgehead atoms. The van der Waals surface area contributed by atoms with E-state index in [1.54, 1.807) is 0 Å². The van der Waals surface area contributed by atoms with Crippen LogP contribution in [0.15, 0.2) is 0 Å². The summed E-state index contributed by atoms with van der Waals surface area (Å²) in [6, 6.07) is -0.717. The van der Waals surface area contributed by atoms with E-state index in [9.17, 15) is 14.4 Å². The molecule has 1 saturated heterocycles. The van der Waals surface area contributed by atoms with Crippen LogP contribution >= 0.6 is 0 Å². The van der Waals surface area contributed by atoms with Gasteiger partial charge in [-0.2, -0.15) is 5.01 Å². The number of rotatable bonds is 4. The lowest BCUT2D eigenvalue weighted by atomic mass is 10.4. The summed E-state index contributed by atoms with van der Waals surface area (Å²) in [6.45, 7) is -1.11. The SMILES string of the molecule is CN(CO)C(=O)N(CCO)N1C(=O)CCC1=O. The van der Waals surface area contributed by atoms with Gasteiger partial charge in [-0.15, -0.1) is 0 Å². The maximum atomic E-state index is 11.8. The second-order valence-electron chi connectivity index (χ2n) is 3.57. The molecule has 17 heavy (non-hydrogen) atoms. The Morgan fingerprint density at radius 3 is 2.24 bits per heavy atom. The third kappa shape index (κ3) is 2.71. The van der Waals surface area contributed by atoms with Gasteiger partial charge in [0, 0.05) is 19.9 Å². The molecule has 0 aliphatic carbocycles. The van der Waals surface area contributed by atoms with E-state index < -0.39 is 24.6 Å². The van der Waals surface area contributed by atoms with Crippen LogP contribution in [0.25, 0.3) is 0 Å². The van der Waals surface area contributed by atoms with Gasteiger partial charge in [0.15, 0.2) is 0 Å². The highest BCUT2D eigenvalue weighted by Crippen LogP contribution is 2.15. The second-order valence-corrected chi connectivity index (χ2v) is 3.57. The molecule has 0 aromatic rings. The molecule has 0 atom stereocenters. The molecule has 1 rings (SSSR count). The number of aliphatic hydroxyl groups is 2. The molecule has 0 radical (unpaired) electrons. The molecule has 96 valence electrons. The zero-order valence-electron chi connectivity index (χ0n) is 9.50. The van der Waals surface area contributed by atoms with E-state index in [-0.39, 0.29) is 26.0 Å².